The fourth-order valence-corrected chi connectivity index (χ4v) is 3.47. The van der Waals surface area contributed by atoms with Crippen molar-refractivity contribution in [3.05, 3.63) is 87.9 Å². The first kappa shape index (κ1) is 19.0. The molecule has 0 bridgehead atoms. The van der Waals surface area contributed by atoms with Crippen LogP contribution in [0.15, 0.2) is 60.7 Å². The highest BCUT2D eigenvalue weighted by molar-refractivity contribution is 6.33. The van der Waals surface area contributed by atoms with Gasteiger partial charge in [-0.1, -0.05) is 35.9 Å². The Hall–Kier alpha value is -3.31. The zero-order chi connectivity index (χ0) is 20.4. The van der Waals surface area contributed by atoms with Crippen molar-refractivity contribution in [1.29, 1.82) is 0 Å². The lowest BCUT2D eigenvalue weighted by molar-refractivity contribution is 0.0601. The Labute approximate surface area is 173 Å². The third-order valence-electron chi connectivity index (χ3n) is 4.80. The molecule has 1 heterocycles. The predicted molar refractivity (Wildman–Crippen MR) is 110 cm³/mol. The van der Waals surface area contributed by atoms with Gasteiger partial charge in [0.2, 0.25) is 0 Å². The number of rotatable bonds is 5. The standard InChI is InChI=1S/C23H18ClNO4/c1-28-23(27)20-11-16(5-8-21(20)24)15-4-2-3-14(9-15)13-29-18-6-7-19-17(10-18)12-25-22(19)26/h2-11H,12-13H2,1H3,(H,25,26). The van der Waals surface area contributed by atoms with E-state index in [1.54, 1.807) is 24.3 Å². The van der Waals surface area contributed by atoms with Crippen LogP contribution < -0.4 is 10.1 Å². The van der Waals surface area contributed by atoms with E-state index in [9.17, 15) is 9.59 Å². The third kappa shape index (κ3) is 3.96. The largest absolute Gasteiger partial charge is 0.489 e. The van der Waals surface area contributed by atoms with Gasteiger partial charge in [0, 0.05) is 12.1 Å². The van der Waals surface area contributed by atoms with Crippen LogP contribution in [0.2, 0.25) is 5.02 Å². The van der Waals surface area contributed by atoms with Gasteiger partial charge in [0.05, 0.1) is 17.7 Å². The van der Waals surface area contributed by atoms with Crippen molar-refractivity contribution in [2.45, 2.75) is 13.2 Å². The van der Waals surface area contributed by atoms with E-state index in [1.807, 2.05) is 36.4 Å². The molecule has 0 saturated heterocycles. The Morgan fingerprint density at radius 1 is 1.07 bits per heavy atom. The number of nitrogens with one attached hydrogen (secondary N) is 1. The first-order chi connectivity index (χ1) is 14.0. The van der Waals surface area contributed by atoms with Crippen molar-refractivity contribution in [1.82, 2.24) is 5.32 Å². The summed E-state index contributed by atoms with van der Waals surface area (Å²) in [6, 6.07) is 18.6. The summed E-state index contributed by atoms with van der Waals surface area (Å²) in [5.74, 6) is 0.194. The molecule has 1 N–H and O–H groups in total. The Balaban J connectivity index is 1.52. The number of fused-ring (bicyclic) bond motifs is 1. The molecule has 0 atom stereocenters. The van der Waals surface area contributed by atoms with E-state index in [0.29, 0.717) is 35.1 Å². The molecule has 29 heavy (non-hydrogen) atoms. The molecule has 5 nitrogen and oxygen atoms in total. The molecule has 0 unspecified atom stereocenters. The molecule has 1 amide bonds. The maximum absolute atomic E-state index is 11.9. The van der Waals surface area contributed by atoms with E-state index >= 15 is 0 Å². The second-order valence-corrected chi connectivity index (χ2v) is 7.08. The molecule has 3 aromatic carbocycles. The fraction of sp³-hybridized carbons (Fsp3) is 0.130. The molecule has 0 aliphatic carbocycles. The summed E-state index contributed by atoms with van der Waals surface area (Å²) in [5, 5.41) is 3.15. The van der Waals surface area contributed by atoms with Gasteiger partial charge in [0.1, 0.15) is 12.4 Å². The lowest BCUT2D eigenvalue weighted by Gasteiger charge is -2.10. The van der Waals surface area contributed by atoms with Gasteiger partial charge >= 0.3 is 5.97 Å². The van der Waals surface area contributed by atoms with Gasteiger partial charge in [-0.05, 0) is 58.7 Å². The highest BCUT2D eigenvalue weighted by Gasteiger charge is 2.18. The van der Waals surface area contributed by atoms with Crippen LogP contribution in [0.3, 0.4) is 0 Å². The van der Waals surface area contributed by atoms with Gasteiger partial charge in [-0.2, -0.15) is 0 Å². The molecule has 146 valence electrons. The minimum Gasteiger partial charge on any atom is -0.489 e. The molecular formula is C23H18ClNO4. The SMILES string of the molecule is COC(=O)c1cc(-c2cccc(COc3ccc4c(c3)CNC4=O)c2)ccc1Cl. The molecule has 4 rings (SSSR count). The quantitative estimate of drug-likeness (QED) is 0.627. The van der Waals surface area contributed by atoms with E-state index in [2.05, 4.69) is 5.32 Å². The van der Waals surface area contributed by atoms with E-state index in [0.717, 1.165) is 22.3 Å². The number of benzene rings is 3. The molecule has 0 spiro atoms. The summed E-state index contributed by atoms with van der Waals surface area (Å²) in [6.07, 6.45) is 0. The molecule has 3 aromatic rings. The van der Waals surface area contributed by atoms with Gasteiger partial charge in [-0.15, -0.1) is 0 Å². The minimum absolute atomic E-state index is 0.0476. The van der Waals surface area contributed by atoms with Crippen LogP contribution in [0.5, 0.6) is 5.75 Å². The van der Waals surface area contributed by atoms with Crippen molar-refractivity contribution in [2.24, 2.45) is 0 Å². The molecule has 0 aromatic heterocycles. The topological polar surface area (TPSA) is 64.6 Å². The number of halogens is 1. The lowest BCUT2D eigenvalue weighted by Crippen LogP contribution is -2.12. The Bertz CT molecular complexity index is 1110. The molecule has 0 radical (unpaired) electrons. The number of ether oxygens (including phenoxy) is 2. The lowest BCUT2D eigenvalue weighted by atomic mass is 10.0. The summed E-state index contributed by atoms with van der Waals surface area (Å²) >= 11 is 6.11. The van der Waals surface area contributed by atoms with E-state index in [1.165, 1.54) is 7.11 Å². The smallest absolute Gasteiger partial charge is 0.339 e. The van der Waals surface area contributed by atoms with Crippen LogP contribution in [0.25, 0.3) is 11.1 Å². The highest BCUT2D eigenvalue weighted by atomic mass is 35.5. The molecule has 0 fully saturated rings. The average Bonchev–Trinajstić information content (AvgIpc) is 3.12. The first-order valence-electron chi connectivity index (χ1n) is 9.06. The van der Waals surface area contributed by atoms with E-state index < -0.39 is 5.97 Å². The van der Waals surface area contributed by atoms with Crippen molar-refractivity contribution >= 4 is 23.5 Å². The van der Waals surface area contributed by atoms with Gasteiger partial charge in [0.25, 0.3) is 5.91 Å². The number of amides is 1. The van der Waals surface area contributed by atoms with Crippen molar-refractivity contribution in [3.63, 3.8) is 0 Å². The second kappa shape index (κ2) is 7.97. The normalized spacial score (nSPS) is 12.3. The molecule has 1 aliphatic heterocycles. The maximum atomic E-state index is 11.9. The summed E-state index contributed by atoms with van der Waals surface area (Å²) in [5.41, 5.74) is 4.75. The average molecular weight is 408 g/mol. The third-order valence-corrected chi connectivity index (χ3v) is 5.13. The number of carbonyl (C=O) groups is 2. The molecular weight excluding hydrogens is 390 g/mol. The fourth-order valence-electron chi connectivity index (χ4n) is 3.28. The number of hydrogen-bond acceptors (Lipinski definition) is 4. The van der Waals surface area contributed by atoms with Crippen molar-refractivity contribution in [2.75, 3.05) is 7.11 Å². The first-order valence-corrected chi connectivity index (χ1v) is 9.44. The Kier molecular flexibility index (Phi) is 5.23. The highest BCUT2D eigenvalue weighted by Crippen LogP contribution is 2.27. The van der Waals surface area contributed by atoms with Crippen molar-refractivity contribution < 1.29 is 19.1 Å². The Morgan fingerprint density at radius 3 is 2.72 bits per heavy atom. The number of esters is 1. The van der Waals surface area contributed by atoms with Crippen LogP contribution in [-0.4, -0.2) is 19.0 Å². The van der Waals surface area contributed by atoms with Crippen LogP contribution in [0, 0.1) is 0 Å². The molecule has 1 aliphatic rings. The summed E-state index contributed by atoms with van der Waals surface area (Å²) in [7, 11) is 1.33. The van der Waals surface area contributed by atoms with Gasteiger partial charge < -0.3 is 14.8 Å². The number of methoxy groups -OCH3 is 1. The predicted octanol–water partition coefficient (Wildman–Crippen LogP) is 4.62. The van der Waals surface area contributed by atoms with Crippen LogP contribution in [0.1, 0.15) is 31.8 Å². The number of carbonyl (C=O) groups excluding carboxylic acids is 2. The van der Waals surface area contributed by atoms with E-state index in [4.69, 9.17) is 21.1 Å². The van der Waals surface area contributed by atoms with Crippen LogP contribution in [-0.2, 0) is 17.9 Å². The Morgan fingerprint density at radius 2 is 1.90 bits per heavy atom. The second-order valence-electron chi connectivity index (χ2n) is 6.68. The van der Waals surface area contributed by atoms with Gasteiger partial charge in [-0.25, -0.2) is 4.79 Å². The van der Waals surface area contributed by atoms with Gasteiger partial charge in [0.15, 0.2) is 0 Å². The molecule has 0 saturated carbocycles. The zero-order valence-electron chi connectivity index (χ0n) is 15.7. The van der Waals surface area contributed by atoms with Gasteiger partial charge in [-0.3, -0.25) is 4.79 Å². The monoisotopic (exact) mass is 407 g/mol. The number of hydrogen-bond donors (Lipinski definition) is 1. The summed E-state index contributed by atoms with van der Waals surface area (Å²) in [4.78, 5) is 23.5. The van der Waals surface area contributed by atoms with Crippen LogP contribution >= 0.6 is 11.6 Å². The summed E-state index contributed by atoms with van der Waals surface area (Å²) < 4.78 is 10.7. The van der Waals surface area contributed by atoms with Crippen LogP contribution in [0.4, 0.5) is 0 Å². The van der Waals surface area contributed by atoms with Crippen molar-refractivity contribution in [3.8, 4) is 16.9 Å². The van der Waals surface area contributed by atoms with E-state index in [-0.39, 0.29) is 5.91 Å². The summed E-state index contributed by atoms with van der Waals surface area (Å²) in [6.45, 7) is 0.908. The zero-order valence-corrected chi connectivity index (χ0v) is 16.5. The minimum atomic E-state index is -0.471. The molecule has 6 heteroatoms. The maximum Gasteiger partial charge on any atom is 0.339 e.